The SMILES string of the molecule is CC(N)c1cccc([N+](=O)[O-])c1OCCOCCOCCO. The Hall–Kier alpha value is -1.74. The van der Waals surface area contributed by atoms with E-state index in [-0.39, 0.29) is 43.9 Å². The van der Waals surface area contributed by atoms with Crippen LogP contribution in [0, 0.1) is 10.1 Å². The number of hydrogen-bond acceptors (Lipinski definition) is 7. The number of hydrogen-bond donors (Lipinski definition) is 2. The smallest absolute Gasteiger partial charge is 0.311 e. The van der Waals surface area contributed by atoms with Gasteiger partial charge in [-0.15, -0.1) is 0 Å². The van der Waals surface area contributed by atoms with Crippen molar-refractivity contribution in [3.63, 3.8) is 0 Å². The monoisotopic (exact) mass is 314 g/mol. The molecule has 1 aromatic rings. The van der Waals surface area contributed by atoms with E-state index < -0.39 is 4.92 Å². The molecule has 0 aromatic heterocycles. The van der Waals surface area contributed by atoms with Crippen LogP contribution in [0.3, 0.4) is 0 Å². The van der Waals surface area contributed by atoms with Gasteiger partial charge in [0.15, 0.2) is 0 Å². The fourth-order valence-corrected chi connectivity index (χ4v) is 1.79. The molecule has 0 amide bonds. The van der Waals surface area contributed by atoms with E-state index in [2.05, 4.69) is 0 Å². The van der Waals surface area contributed by atoms with E-state index in [9.17, 15) is 10.1 Å². The molecule has 0 aliphatic carbocycles. The third-order valence-electron chi connectivity index (χ3n) is 2.79. The molecule has 124 valence electrons. The van der Waals surface area contributed by atoms with Gasteiger partial charge in [-0.3, -0.25) is 10.1 Å². The van der Waals surface area contributed by atoms with E-state index in [4.69, 9.17) is 25.1 Å². The van der Waals surface area contributed by atoms with Crippen LogP contribution in [0.5, 0.6) is 5.75 Å². The fourth-order valence-electron chi connectivity index (χ4n) is 1.79. The second-order valence-electron chi connectivity index (χ2n) is 4.54. The molecule has 0 aliphatic rings. The Labute approximate surface area is 128 Å². The van der Waals surface area contributed by atoms with Crippen LogP contribution in [0.25, 0.3) is 0 Å². The van der Waals surface area contributed by atoms with Crippen molar-refractivity contribution in [3.05, 3.63) is 33.9 Å². The lowest BCUT2D eigenvalue weighted by molar-refractivity contribution is -0.386. The summed E-state index contributed by atoms with van der Waals surface area (Å²) in [6.07, 6.45) is 0. The summed E-state index contributed by atoms with van der Waals surface area (Å²) in [6.45, 7) is 3.16. The summed E-state index contributed by atoms with van der Waals surface area (Å²) in [4.78, 5) is 10.6. The van der Waals surface area contributed by atoms with Gasteiger partial charge in [-0.25, -0.2) is 0 Å². The molecule has 0 radical (unpaired) electrons. The van der Waals surface area contributed by atoms with Gasteiger partial charge in [-0.2, -0.15) is 0 Å². The van der Waals surface area contributed by atoms with E-state index in [1.807, 2.05) is 0 Å². The summed E-state index contributed by atoms with van der Waals surface area (Å²) in [6, 6.07) is 4.29. The first-order chi connectivity index (χ1) is 10.6. The number of benzene rings is 1. The zero-order valence-corrected chi connectivity index (χ0v) is 12.6. The van der Waals surface area contributed by atoms with Crippen molar-refractivity contribution in [2.45, 2.75) is 13.0 Å². The van der Waals surface area contributed by atoms with Crippen LogP contribution in [-0.2, 0) is 9.47 Å². The highest BCUT2D eigenvalue weighted by atomic mass is 16.6. The normalized spacial score (nSPS) is 12.1. The Kier molecular flexibility index (Phi) is 8.38. The number of para-hydroxylation sites is 1. The summed E-state index contributed by atoms with van der Waals surface area (Å²) in [5.74, 6) is 0.183. The van der Waals surface area contributed by atoms with Crippen molar-refractivity contribution < 1.29 is 24.2 Å². The zero-order chi connectivity index (χ0) is 16.4. The van der Waals surface area contributed by atoms with Gasteiger partial charge in [-0.1, -0.05) is 12.1 Å². The quantitative estimate of drug-likeness (QED) is 0.356. The molecule has 22 heavy (non-hydrogen) atoms. The predicted molar refractivity (Wildman–Crippen MR) is 79.9 cm³/mol. The molecule has 1 rings (SSSR count). The van der Waals surface area contributed by atoms with Crippen molar-refractivity contribution in [2.75, 3.05) is 39.6 Å². The summed E-state index contributed by atoms with van der Waals surface area (Å²) in [5.41, 5.74) is 6.28. The van der Waals surface area contributed by atoms with Crippen LogP contribution in [0.15, 0.2) is 18.2 Å². The number of nitro groups is 1. The lowest BCUT2D eigenvalue weighted by atomic mass is 10.1. The van der Waals surface area contributed by atoms with E-state index in [0.717, 1.165) is 0 Å². The number of aliphatic hydroxyl groups is 1. The van der Waals surface area contributed by atoms with Crippen LogP contribution < -0.4 is 10.5 Å². The maximum absolute atomic E-state index is 11.0. The molecule has 0 heterocycles. The molecule has 1 atom stereocenters. The first-order valence-corrected chi connectivity index (χ1v) is 7.00. The Bertz CT molecular complexity index is 467. The summed E-state index contributed by atoms with van der Waals surface area (Å²) in [7, 11) is 0. The number of nitrogens with two attached hydrogens (primary N) is 1. The van der Waals surface area contributed by atoms with Gasteiger partial charge in [0.1, 0.15) is 6.61 Å². The van der Waals surface area contributed by atoms with Gasteiger partial charge in [0.05, 0.1) is 38.0 Å². The Morgan fingerprint density at radius 1 is 1.23 bits per heavy atom. The number of nitro benzene ring substituents is 1. The predicted octanol–water partition coefficient (Wildman–Crippen LogP) is 1.02. The van der Waals surface area contributed by atoms with E-state index in [0.29, 0.717) is 18.8 Å². The van der Waals surface area contributed by atoms with Crippen LogP contribution in [0.1, 0.15) is 18.5 Å². The molecule has 0 spiro atoms. The average Bonchev–Trinajstić information content (AvgIpc) is 2.49. The maximum atomic E-state index is 11.0. The van der Waals surface area contributed by atoms with Crippen molar-refractivity contribution in [2.24, 2.45) is 5.73 Å². The molecule has 0 saturated heterocycles. The molecular weight excluding hydrogens is 292 g/mol. The number of nitrogens with zero attached hydrogens (tertiary/aromatic N) is 1. The van der Waals surface area contributed by atoms with Crippen molar-refractivity contribution >= 4 is 5.69 Å². The third kappa shape index (κ3) is 5.94. The first kappa shape index (κ1) is 18.3. The van der Waals surface area contributed by atoms with Crippen LogP contribution >= 0.6 is 0 Å². The van der Waals surface area contributed by atoms with Crippen molar-refractivity contribution in [3.8, 4) is 5.75 Å². The Morgan fingerprint density at radius 2 is 1.86 bits per heavy atom. The summed E-state index contributed by atoms with van der Waals surface area (Å²) >= 11 is 0. The summed E-state index contributed by atoms with van der Waals surface area (Å²) < 4.78 is 15.8. The van der Waals surface area contributed by atoms with Gasteiger partial charge in [-0.05, 0) is 6.92 Å². The molecule has 3 N–H and O–H groups in total. The van der Waals surface area contributed by atoms with E-state index >= 15 is 0 Å². The largest absolute Gasteiger partial charge is 0.484 e. The molecule has 0 saturated carbocycles. The molecule has 8 heteroatoms. The Morgan fingerprint density at radius 3 is 2.45 bits per heavy atom. The number of ether oxygens (including phenoxy) is 3. The summed E-state index contributed by atoms with van der Waals surface area (Å²) in [5, 5.41) is 19.6. The number of aliphatic hydroxyl groups excluding tert-OH is 1. The highest BCUT2D eigenvalue weighted by Crippen LogP contribution is 2.33. The fraction of sp³-hybridized carbons (Fsp3) is 0.571. The minimum absolute atomic E-state index is 0.0269. The van der Waals surface area contributed by atoms with Gasteiger partial charge < -0.3 is 25.1 Å². The van der Waals surface area contributed by atoms with Gasteiger partial charge in [0.2, 0.25) is 5.75 Å². The molecule has 1 aromatic carbocycles. The molecule has 0 fully saturated rings. The lowest BCUT2D eigenvalue weighted by Crippen LogP contribution is -2.14. The molecule has 8 nitrogen and oxygen atoms in total. The molecule has 0 bridgehead atoms. The van der Waals surface area contributed by atoms with Crippen LogP contribution in [0.4, 0.5) is 5.69 Å². The van der Waals surface area contributed by atoms with Gasteiger partial charge >= 0.3 is 5.69 Å². The molecule has 0 aliphatic heterocycles. The van der Waals surface area contributed by atoms with E-state index in [1.165, 1.54) is 6.07 Å². The second-order valence-corrected chi connectivity index (χ2v) is 4.54. The zero-order valence-electron chi connectivity index (χ0n) is 12.6. The minimum Gasteiger partial charge on any atom is -0.484 e. The lowest BCUT2D eigenvalue weighted by Gasteiger charge is -2.14. The third-order valence-corrected chi connectivity index (χ3v) is 2.79. The van der Waals surface area contributed by atoms with Gasteiger partial charge in [0.25, 0.3) is 0 Å². The second kappa shape index (κ2) is 10.1. The molecule has 1 unspecified atom stereocenters. The standard InChI is InChI=1S/C14H22N2O6/c1-11(15)12-3-2-4-13(16(18)19)14(12)22-10-9-21-8-7-20-6-5-17/h2-4,11,17H,5-10,15H2,1H3. The van der Waals surface area contributed by atoms with Crippen molar-refractivity contribution in [1.82, 2.24) is 0 Å². The van der Waals surface area contributed by atoms with Crippen molar-refractivity contribution in [1.29, 1.82) is 0 Å². The van der Waals surface area contributed by atoms with Crippen LogP contribution in [0.2, 0.25) is 0 Å². The van der Waals surface area contributed by atoms with Crippen LogP contribution in [-0.4, -0.2) is 49.7 Å². The average molecular weight is 314 g/mol. The first-order valence-electron chi connectivity index (χ1n) is 7.00. The molecular formula is C14H22N2O6. The number of rotatable bonds is 11. The maximum Gasteiger partial charge on any atom is 0.311 e. The Balaban J connectivity index is 2.49. The topological polar surface area (TPSA) is 117 Å². The minimum atomic E-state index is -0.495. The van der Waals surface area contributed by atoms with Gasteiger partial charge in [0, 0.05) is 17.7 Å². The highest BCUT2D eigenvalue weighted by Gasteiger charge is 2.20. The van der Waals surface area contributed by atoms with E-state index in [1.54, 1.807) is 19.1 Å². The highest BCUT2D eigenvalue weighted by molar-refractivity contribution is 5.52.